The number of aryl methyl sites for hydroxylation is 1. The molecule has 1 N–H and O–H groups in total. The number of para-hydroxylation sites is 1. The molecule has 0 spiro atoms. The molecule has 0 fully saturated rings. The van der Waals surface area contributed by atoms with Gasteiger partial charge in [0.1, 0.15) is 12.4 Å². The zero-order chi connectivity index (χ0) is 11.0. The van der Waals surface area contributed by atoms with Crippen LogP contribution in [0.2, 0.25) is 0 Å². The maximum Gasteiger partial charge on any atom is 0.250 e. The van der Waals surface area contributed by atoms with E-state index in [1.54, 1.807) is 0 Å². The zero-order valence-corrected chi connectivity index (χ0v) is 9.22. The molecule has 3 rings (SSSR count). The highest BCUT2D eigenvalue weighted by Gasteiger charge is 2.08. The lowest BCUT2D eigenvalue weighted by atomic mass is 10.2. The Balaban J connectivity index is 2.11. The van der Waals surface area contributed by atoms with Gasteiger partial charge in [-0.15, -0.1) is 0 Å². The Labute approximate surface area is 94.0 Å². The summed E-state index contributed by atoms with van der Waals surface area (Å²) in [6, 6.07) is 10.5. The predicted octanol–water partition coefficient (Wildman–Crippen LogP) is 2.27. The van der Waals surface area contributed by atoms with Crippen LogP contribution in [0.25, 0.3) is 16.7 Å². The molecule has 0 radical (unpaired) electrons. The largest absolute Gasteiger partial charge is 0.322 e. The smallest absolute Gasteiger partial charge is 0.250 e. The van der Waals surface area contributed by atoms with E-state index in [0.717, 1.165) is 12.4 Å². The Morgan fingerprint density at radius 2 is 2.19 bits per heavy atom. The third-order valence-electron chi connectivity index (χ3n) is 2.85. The van der Waals surface area contributed by atoms with Crippen molar-refractivity contribution in [3.05, 3.63) is 49.1 Å². The van der Waals surface area contributed by atoms with Crippen LogP contribution < -0.4 is 4.57 Å². The van der Waals surface area contributed by atoms with Gasteiger partial charge in [-0.1, -0.05) is 18.2 Å². The lowest BCUT2D eigenvalue weighted by Gasteiger charge is -1.88. The van der Waals surface area contributed by atoms with Gasteiger partial charge in [0.15, 0.2) is 0 Å². The summed E-state index contributed by atoms with van der Waals surface area (Å²) in [6.45, 7) is 3.13. The van der Waals surface area contributed by atoms with E-state index < -0.39 is 0 Å². The van der Waals surface area contributed by atoms with Crippen molar-refractivity contribution in [2.45, 2.75) is 13.5 Å². The number of hydrogen-bond acceptors (Lipinski definition) is 0. The first-order valence-electron chi connectivity index (χ1n) is 5.52. The quantitative estimate of drug-likeness (QED) is 0.630. The Morgan fingerprint density at radius 3 is 2.94 bits per heavy atom. The second-order valence-corrected chi connectivity index (χ2v) is 3.89. The van der Waals surface area contributed by atoms with Crippen LogP contribution in [0.4, 0.5) is 0 Å². The van der Waals surface area contributed by atoms with E-state index in [1.807, 2.05) is 6.07 Å². The first-order valence-corrected chi connectivity index (χ1v) is 5.52. The topological polar surface area (TPSA) is 24.6 Å². The normalized spacial score (nSPS) is 11.1. The molecule has 0 bridgehead atoms. The van der Waals surface area contributed by atoms with Crippen molar-refractivity contribution in [1.29, 1.82) is 0 Å². The molecule has 0 unspecified atom stereocenters. The third kappa shape index (κ3) is 1.41. The van der Waals surface area contributed by atoms with Gasteiger partial charge in [-0.25, -0.2) is 4.57 Å². The molecule has 2 aromatic heterocycles. The van der Waals surface area contributed by atoms with Crippen LogP contribution in [0, 0.1) is 0 Å². The number of fused-ring (bicyclic) bond motifs is 1. The molecular formula is C13H14N3+. The van der Waals surface area contributed by atoms with Gasteiger partial charge in [0.05, 0.1) is 6.54 Å². The maximum atomic E-state index is 3.40. The molecule has 0 aliphatic heterocycles. The molecule has 0 atom stereocenters. The molecule has 0 saturated carbocycles. The van der Waals surface area contributed by atoms with Crippen molar-refractivity contribution in [1.82, 2.24) is 9.55 Å². The number of aromatic amines is 1. The monoisotopic (exact) mass is 212 g/mol. The van der Waals surface area contributed by atoms with Gasteiger partial charge in [-0.05, 0) is 13.0 Å². The number of hydrogen-bond donors (Lipinski definition) is 1. The van der Waals surface area contributed by atoms with Crippen LogP contribution >= 0.6 is 0 Å². The molecular weight excluding hydrogens is 198 g/mol. The Bertz CT molecular complexity index is 586. The zero-order valence-electron chi connectivity index (χ0n) is 9.22. The summed E-state index contributed by atoms with van der Waals surface area (Å²) >= 11 is 0. The average molecular weight is 212 g/mol. The van der Waals surface area contributed by atoms with Gasteiger partial charge in [0, 0.05) is 17.0 Å². The summed E-state index contributed by atoms with van der Waals surface area (Å²) in [5.74, 6) is 1.11. The van der Waals surface area contributed by atoms with Crippen molar-refractivity contribution in [3.63, 3.8) is 0 Å². The first kappa shape index (κ1) is 9.21. The van der Waals surface area contributed by atoms with E-state index in [1.165, 1.54) is 10.9 Å². The fourth-order valence-electron chi connectivity index (χ4n) is 1.92. The standard InChI is InChI=1S/C13H14N3/c1-2-15-7-8-16(10-15)13-9-11-5-3-4-6-12(11)14-13/h3-10,14H,2H2,1H3/q+1. The lowest BCUT2D eigenvalue weighted by Crippen LogP contribution is -2.28. The summed E-state index contributed by atoms with van der Waals surface area (Å²) in [5.41, 5.74) is 1.18. The lowest BCUT2D eigenvalue weighted by molar-refractivity contribution is -0.692. The SMILES string of the molecule is CC[n+]1ccn(-c2cc3ccccc3[nH]2)c1. The highest BCUT2D eigenvalue weighted by molar-refractivity contribution is 5.81. The van der Waals surface area contributed by atoms with Gasteiger partial charge in [0.25, 0.3) is 0 Å². The van der Waals surface area contributed by atoms with Gasteiger partial charge in [0.2, 0.25) is 12.1 Å². The van der Waals surface area contributed by atoms with E-state index in [9.17, 15) is 0 Å². The highest BCUT2D eigenvalue weighted by atomic mass is 15.1. The summed E-state index contributed by atoms with van der Waals surface area (Å²) in [5, 5.41) is 1.24. The van der Waals surface area contributed by atoms with E-state index in [4.69, 9.17) is 0 Å². The second-order valence-electron chi connectivity index (χ2n) is 3.89. The molecule has 0 saturated heterocycles. The molecule has 3 aromatic rings. The number of rotatable bonds is 2. The van der Waals surface area contributed by atoms with Crippen LogP contribution in [0.3, 0.4) is 0 Å². The van der Waals surface area contributed by atoms with Crippen LogP contribution in [0.5, 0.6) is 0 Å². The van der Waals surface area contributed by atoms with E-state index in [-0.39, 0.29) is 0 Å². The van der Waals surface area contributed by atoms with Gasteiger partial charge < -0.3 is 4.98 Å². The third-order valence-corrected chi connectivity index (χ3v) is 2.85. The predicted molar refractivity (Wildman–Crippen MR) is 63.5 cm³/mol. The second kappa shape index (κ2) is 3.52. The van der Waals surface area contributed by atoms with Crippen molar-refractivity contribution in [3.8, 4) is 5.82 Å². The summed E-state index contributed by atoms with van der Waals surface area (Å²) < 4.78 is 4.25. The van der Waals surface area contributed by atoms with Gasteiger partial charge >= 0.3 is 0 Å². The van der Waals surface area contributed by atoms with Gasteiger partial charge in [-0.2, -0.15) is 4.57 Å². The maximum absolute atomic E-state index is 3.40. The fraction of sp³-hybridized carbons (Fsp3) is 0.154. The Morgan fingerprint density at radius 1 is 1.31 bits per heavy atom. The van der Waals surface area contributed by atoms with Crippen molar-refractivity contribution >= 4 is 10.9 Å². The fourth-order valence-corrected chi connectivity index (χ4v) is 1.92. The van der Waals surface area contributed by atoms with E-state index in [0.29, 0.717) is 0 Å². The first-order chi connectivity index (χ1) is 7.86. The number of imidazole rings is 1. The van der Waals surface area contributed by atoms with Crippen LogP contribution in [0.15, 0.2) is 49.1 Å². The number of aromatic nitrogens is 3. The Kier molecular flexibility index (Phi) is 2.03. The molecule has 3 heteroatoms. The number of benzene rings is 1. The molecule has 2 heterocycles. The molecule has 80 valence electrons. The summed E-state index contributed by atoms with van der Waals surface area (Å²) in [7, 11) is 0. The van der Waals surface area contributed by atoms with E-state index in [2.05, 4.69) is 64.0 Å². The van der Waals surface area contributed by atoms with Crippen LogP contribution in [0.1, 0.15) is 6.92 Å². The minimum absolute atomic E-state index is 0.993. The van der Waals surface area contributed by atoms with Crippen LogP contribution in [-0.4, -0.2) is 9.55 Å². The average Bonchev–Trinajstić information content (AvgIpc) is 2.95. The molecule has 0 aliphatic rings. The van der Waals surface area contributed by atoms with Crippen molar-refractivity contribution in [2.24, 2.45) is 0 Å². The molecule has 1 aromatic carbocycles. The number of nitrogens with one attached hydrogen (secondary N) is 1. The minimum atomic E-state index is 0.993. The van der Waals surface area contributed by atoms with E-state index >= 15 is 0 Å². The number of nitrogens with zero attached hydrogens (tertiary/aromatic N) is 2. The van der Waals surface area contributed by atoms with Gasteiger partial charge in [-0.3, -0.25) is 0 Å². The summed E-state index contributed by atoms with van der Waals surface area (Å²) in [6.07, 6.45) is 6.23. The summed E-state index contributed by atoms with van der Waals surface area (Å²) in [4.78, 5) is 3.40. The molecule has 3 nitrogen and oxygen atoms in total. The minimum Gasteiger partial charge on any atom is -0.322 e. The van der Waals surface area contributed by atoms with Crippen LogP contribution in [-0.2, 0) is 6.54 Å². The molecule has 0 aliphatic carbocycles. The molecule has 16 heavy (non-hydrogen) atoms. The number of H-pyrrole nitrogens is 1. The van der Waals surface area contributed by atoms with Crippen molar-refractivity contribution < 1.29 is 4.57 Å². The molecule has 0 amide bonds. The Hall–Kier alpha value is -2.03. The van der Waals surface area contributed by atoms with Crippen molar-refractivity contribution in [2.75, 3.05) is 0 Å². The highest BCUT2D eigenvalue weighted by Crippen LogP contribution is 2.16.